The Morgan fingerprint density at radius 1 is 0.792 bits per heavy atom. The number of hydrogen-bond donors (Lipinski definition) is 1. The summed E-state index contributed by atoms with van der Waals surface area (Å²) in [5.41, 5.74) is 1.26. The molecule has 1 N–H and O–H groups in total. The molecule has 0 aliphatic carbocycles. The summed E-state index contributed by atoms with van der Waals surface area (Å²) in [6, 6.07) is 18.1. The minimum atomic E-state index is 0.544. The van der Waals surface area contributed by atoms with E-state index in [0.29, 0.717) is 13.2 Å². The first-order valence-electron chi connectivity index (χ1n) is 8.99. The van der Waals surface area contributed by atoms with E-state index in [-0.39, 0.29) is 0 Å². The van der Waals surface area contributed by atoms with E-state index in [1.165, 1.54) is 31.2 Å². The van der Waals surface area contributed by atoms with Crippen LogP contribution in [0, 0.1) is 0 Å². The van der Waals surface area contributed by atoms with Gasteiger partial charge in [-0.05, 0) is 42.8 Å². The Balaban J connectivity index is 1.63. The minimum Gasteiger partial charge on any atom is -0.490 e. The van der Waals surface area contributed by atoms with Gasteiger partial charge in [0.25, 0.3) is 0 Å². The normalized spacial score (nSPS) is 10.5. The second-order valence-corrected chi connectivity index (χ2v) is 5.89. The van der Waals surface area contributed by atoms with Crippen LogP contribution in [-0.4, -0.2) is 19.8 Å². The topological polar surface area (TPSA) is 30.5 Å². The van der Waals surface area contributed by atoms with Crippen LogP contribution in [-0.2, 0) is 6.54 Å². The van der Waals surface area contributed by atoms with Crippen LogP contribution in [0.1, 0.15) is 38.2 Å². The van der Waals surface area contributed by atoms with Crippen molar-refractivity contribution in [3.8, 4) is 11.5 Å². The van der Waals surface area contributed by atoms with Crippen molar-refractivity contribution in [3.05, 3.63) is 60.2 Å². The van der Waals surface area contributed by atoms with Crippen LogP contribution >= 0.6 is 0 Å². The fourth-order valence-electron chi connectivity index (χ4n) is 2.49. The zero-order valence-corrected chi connectivity index (χ0v) is 14.7. The number of rotatable bonds is 12. The van der Waals surface area contributed by atoms with Crippen molar-refractivity contribution in [1.82, 2.24) is 5.32 Å². The highest BCUT2D eigenvalue weighted by molar-refractivity contribution is 5.28. The van der Waals surface area contributed by atoms with Crippen LogP contribution in [0.3, 0.4) is 0 Å². The Kier molecular flexibility index (Phi) is 8.81. The number of ether oxygens (including phenoxy) is 2. The molecule has 0 aromatic heterocycles. The van der Waals surface area contributed by atoms with Gasteiger partial charge < -0.3 is 14.8 Å². The maximum absolute atomic E-state index is 5.78. The lowest BCUT2D eigenvalue weighted by atomic mass is 10.2. The largest absolute Gasteiger partial charge is 0.490 e. The van der Waals surface area contributed by atoms with Crippen LogP contribution in [0.25, 0.3) is 0 Å². The molecule has 2 aromatic carbocycles. The molecule has 3 nitrogen and oxygen atoms in total. The van der Waals surface area contributed by atoms with E-state index in [1.54, 1.807) is 0 Å². The fraction of sp³-hybridized carbons (Fsp3) is 0.429. The summed E-state index contributed by atoms with van der Waals surface area (Å²) in [5.74, 6) is 1.78. The summed E-state index contributed by atoms with van der Waals surface area (Å²) >= 11 is 0. The maximum Gasteiger partial charge on any atom is 0.122 e. The summed E-state index contributed by atoms with van der Waals surface area (Å²) in [4.78, 5) is 0. The lowest BCUT2D eigenvalue weighted by Gasteiger charge is -2.10. The van der Waals surface area contributed by atoms with E-state index in [9.17, 15) is 0 Å². The molecule has 2 aromatic rings. The first kappa shape index (κ1) is 18.3. The molecule has 0 spiro atoms. The third-order valence-corrected chi connectivity index (χ3v) is 3.80. The van der Waals surface area contributed by atoms with Gasteiger partial charge in [-0.1, -0.05) is 56.5 Å². The zero-order valence-electron chi connectivity index (χ0n) is 14.7. The first-order valence-corrected chi connectivity index (χ1v) is 8.99. The Morgan fingerprint density at radius 2 is 1.54 bits per heavy atom. The van der Waals surface area contributed by atoms with Crippen LogP contribution < -0.4 is 14.8 Å². The summed E-state index contributed by atoms with van der Waals surface area (Å²) in [5, 5.41) is 3.50. The third kappa shape index (κ3) is 7.51. The molecular weight excluding hydrogens is 298 g/mol. The first-order chi connectivity index (χ1) is 11.9. The molecule has 2 rings (SSSR count). The molecule has 0 amide bonds. The van der Waals surface area contributed by atoms with Gasteiger partial charge >= 0.3 is 0 Å². The molecule has 3 heteroatoms. The van der Waals surface area contributed by atoms with Crippen molar-refractivity contribution in [3.63, 3.8) is 0 Å². The molecule has 0 atom stereocenters. The van der Waals surface area contributed by atoms with E-state index < -0.39 is 0 Å². The van der Waals surface area contributed by atoms with Gasteiger partial charge in [-0.2, -0.15) is 0 Å². The Bertz CT molecular complexity index is 557. The molecule has 24 heavy (non-hydrogen) atoms. The highest BCUT2D eigenvalue weighted by atomic mass is 16.5. The van der Waals surface area contributed by atoms with Gasteiger partial charge in [0.2, 0.25) is 0 Å². The van der Waals surface area contributed by atoms with E-state index in [1.807, 2.05) is 42.5 Å². The number of nitrogens with one attached hydrogen (secondary N) is 1. The average Bonchev–Trinajstić information content (AvgIpc) is 2.63. The molecule has 0 unspecified atom stereocenters. The van der Waals surface area contributed by atoms with Gasteiger partial charge in [-0.25, -0.2) is 0 Å². The minimum absolute atomic E-state index is 0.544. The third-order valence-electron chi connectivity index (χ3n) is 3.80. The van der Waals surface area contributed by atoms with Gasteiger partial charge in [0, 0.05) is 6.54 Å². The SMILES string of the molecule is CCCCCCNCc1cccc(OCCOc2ccccc2)c1. The average molecular weight is 327 g/mol. The summed E-state index contributed by atoms with van der Waals surface area (Å²) in [6.45, 7) is 5.30. The quantitative estimate of drug-likeness (QED) is 0.567. The molecule has 0 saturated carbocycles. The van der Waals surface area contributed by atoms with Gasteiger partial charge in [0.15, 0.2) is 0 Å². The van der Waals surface area contributed by atoms with Gasteiger partial charge in [-0.15, -0.1) is 0 Å². The molecule has 0 saturated heterocycles. The molecular formula is C21H29NO2. The fourth-order valence-corrected chi connectivity index (χ4v) is 2.49. The summed E-state index contributed by atoms with van der Waals surface area (Å²) < 4.78 is 11.4. The van der Waals surface area contributed by atoms with Crippen LogP contribution in [0.5, 0.6) is 11.5 Å². The van der Waals surface area contributed by atoms with Crippen LogP contribution in [0.15, 0.2) is 54.6 Å². The van der Waals surface area contributed by atoms with Gasteiger partial charge in [-0.3, -0.25) is 0 Å². The smallest absolute Gasteiger partial charge is 0.122 e. The zero-order chi connectivity index (χ0) is 16.9. The molecule has 0 radical (unpaired) electrons. The van der Waals surface area contributed by atoms with Gasteiger partial charge in [0.05, 0.1) is 0 Å². The molecule has 0 fully saturated rings. The highest BCUT2D eigenvalue weighted by Gasteiger charge is 1.98. The molecule has 0 aliphatic heterocycles. The van der Waals surface area contributed by atoms with E-state index in [0.717, 1.165) is 24.6 Å². The standard InChI is InChI=1S/C21H29NO2/c1-2-3-4-8-14-22-18-19-10-9-13-21(17-19)24-16-15-23-20-11-6-5-7-12-20/h5-7,9-13,17,22H,2-4,8,14-16,18H2,1H3. The molecule has 130 valence electrons. The second-order valence-electron chi connectivity index (χ2n) is 5.89. The predicted octanol–water partition coefficient (Wildman–Crippen LogP) is 4.81. The predicted molar refractivity (Wildman–Crippen MR) is 99.7 cm³/mol. The monoisotopic (exact) mass is 327 g/mol. The molecule has 0 heterocycles. The van der Waals surface area contributed by atoms with Crippen LogP contribution in [0.4, 0.5) is 0 Å². The maximum atomic E-state index is 5.78. The van der Waals surface area contributed by atoms with Gasteiger partial charge in [0.1, 0.15) is 24.7 Å². The highest BCUT2D eigenvalue weighted by Crippen LogP contribution is 2.14. The molecule has 0 aliphatic rings. The Morgan fingerprint density at radius 3 is 2.33 bits per heavy atom. The van der Waals surface area contributed by atoms with Crippen molar-refractivity contribution in [2.24, 2.45) is 0 Å². The Labute approximate surface area is 146 Å². The van der Waals surface area contributed by atoms with Crippen molar-refractivity contribution >= 4 is 0 Å². The number of hydrogen-bond acceptors (Lipinski definition) is 3. The van der Waals surface area contributed by atoms with Crippen molar-refractivity contribution in [2.45, 2.75) is 39.2 Å². The van der Waals surface area contributed by atoms with Crippen LogP contribution in [0.2, 0.25) is 0 Å². The number of benzene rings is 2. The van der Waals surface area contributed by atoms with E-state index >= 15 is 0 Å². The summed E-state index contributed by atoms with van der Waals surface area (Å²) in [7, 11) is 0. The Hall–Kier alpha value is -2.00. The van der Waals surface area contributed by atoms with Crippen molar-refractivity contribution < 1.29 is 9.47 Å². The molecule has 0 bridgehead atoms. The number of unbranched alkanes of at least 4 members (excludes halogenated alkanes) is 3. The van der Waals surface area contributed by atoms with E-state index in [4.69, 9.17) is 9.47 Å². The van der Waals surface area contributed by atoms with E-state index in [2.05, 4.69) is 24.4 Å². The summed E-state index contributed by atoms with van der Waals surface area (Å²) in [6.07, 6.45) is 5.18. The van der Waals surface area contributed by atoms with Crippen molar-refractivity contribution in [1.29, 1.82) is 0 Å². The number of para-hydroxylation sites is 1. The van der Waals surface area contributed by atoms with Crippen molar-refractivity contribution in [2.75, 3.05) is 19.8 Å². The second kappa shape index (κ2) is 11.5. The lowest BCUT2D eigenvalue weighted by molar-refractivity contribution is 0.217. The lowest BCUT2D eigenvalue weighted by Crippen LogP contribution is -2.14.